The van der Waals surface area contributed by atoms with Gasteiger partial charge in [0.15, 0.2) is 0 Å². The molecule has 0 spiro atoms. The van der Waals surface area contributed by atoms with E-state index in [0.717, 1.165) is 12.8 Å². The number of rotatable bonds is 7. The zero-order valence-corrected chi connectivity index (χ0v) is 11.3. The van der Waals surface area contributed by atoms with E-state index in [-0.39, 0.29) is 5.92 Å². The number of carbonyl (C=O) groups is 2. The number of esters is 1. The van der Waals surface area contributed by atoms with Gasteiger partial charge in [-0.3, -0.25) is 4.79 Å². The van der Waals surface area contributed by atoms with Crippen molar-refractivity contribution in [2.24, 2.45) is 11.8 Å². The van der Waals surface area contributed by atoms with Gasteiger partial charge >= 0.3 is 5.97 Å². The Hall–Kier alpha value is -1.10. The molecule has 0 aromatic heterocycles. The highest BCUT2D eigenvalue weighted by Gasteiger charge is 2.32. The van der Waals surface area contributed by atoms with Crippen LogP contribution in [0.5, 0.6) is 0 Å². The lowest BCUT2D eigenvalue weighted by atomic mass is 10.0. The summed E-state index contributed by atoms with van der Waals surface area (Å²) in [6, 6.07) is -0.628. The summed E-state index contributed by atoms with van der Waals surface area (Å²) in [6.07, 6.45) is 2.13. The minimum atomic E-state index is -1.06. The second-order valence-electron chi connectivity index (χ2n) is 5.41. The summed E-state index contributed by atoms with van der Waals surface area (Å²) >= 11 is 0. The van der Waals surface area contributed by atoms with E-state index in [1.807, 2.05) is 13.8 Å². The van der Waals surface area contributed by atoms with E-state index in [1.165, 1.54) is 7.11 Å². The molecule has 0 aliphatic heterocycles. The Bertz CT molecular complexity index is 299. The fraction of sp³-hybridized carbons (Fsp3) is 0.846. The number of ether oxygens (including phenoxy) is 1. The summed E-state index contributed by atoms with van der Waals surface area (Å²) in [5.41, 5.74) is 0. The number of aliphatic hydroxyl groups is 1. The predicted molar refractivity (Wildman–Crippen MR) is 66.7 cm³/mol. The van der Waals surface area contributed by atoms with Crippen molar-refractivity contribution in [3.8, 4) is 0 Å². The summed E-state index contributed by atoms with van der Waals surface area (Å²) in [6.45, 7) is 3.86. The number of aliphatic hydroxyl groups excluding tert-OH is 1. The van der Waals surface area contributed by atoms with Crippen molar-refractivity contribution in [2.75, 3.05) is 7.11 Å². The number of methoxy groups -OCH3 is 1. The topological polar surface area (TPSA) is 75.6 Å². The zero-order chi connectivity index (χ0) is 13.7. The number of nitrogens with one attached hydrogen (secondary N) is 1. The first-order chi connectivity index (χ1) is 8.43. The fourth-order valence-corrected chi connectivity index (χ4v) is 1.86. The Morgan fingerprint density at radius 2 is 2.00 bits per heavy atom. The van der Waals surface area contributed by atoms with Crippen molar-refractivity contribution in [1.82, 2.24) is 5.32 Å². The second-order valence-corrected chi connectivity index (χ2v) is 5.41. The van der Waals surface area contributed by atoms with Crippen LogP contribution < -0.4 is 5.32 Å². The van der Waals surface area contributed by atoms with Gasteiger partial charge in [-0.1, -0.05) is 26.7 Å². The molecule has 104 valence electrons. The third kappa shape index (κ3) is 5.04. The highest BCUT2D eigenvalue weighted by Crippen LogP contribution is 2.33. The molecule has 1 fully saturated rings. The molecule has 1 amide bonds. The highest BCUT2D eigenvalue weighted by atomic mass is 16.5. The molecule has 1 aliphatic carbocycles. The lowest BCUT2D eigenvalue weighted by Gasteiger charge is -2.19. The first-order valence-corrected chi connectivity index (χ1v) is 6.50. The van der Waals surface area contributed by atoms with Crippen molar-refractivity contribution in [2.45, 2.75) is 51.7 Å². The van der Waals surface area contributed by atoms with Crippen molar-refractivity contribution in [1.29, 1.82) is 0 Å². The van der Waals surface area contributed by atoms with Crippen LogP contribution >= 0.6 is 0 Å². The SMILES string of the molecule is COC(=O)[C@@H](CC1CC1)NC(=O)[C@@H](O)CC(C)C. The molecule has 0 radical (unpaired) electrons. The number of amides is 1. The number of hydrogen-bond donors (Lipinski definition) is 2. The largest absolute Gasteiger partial charge is 0.467 e. The maximum absolute atomic E-state index is 11.7. The molecule has 1 saturated carbocycles. The first kappa shape index (κ1) is 15.0. The molecule has 0 bridgehead atoms. The summed E-state index contributed by atoms with van der Waals surface area (Å²) in [7, 11) is 1.30. The molecule has 5 heteroatoms. The van der Waals surface area contributed by atoms with Gasteiger partial charge in [-0.15, -0.1) is 0 Å². The lowest BCUT2D eigenvalue weighted by Crippen LogP contribution is -2.46. The van der Waals surface area contributed by atoms with Crippen molar-refractivity contribution in [3.05, 3.63) is 0 Å². The van der Waals surface area contributed by atoms with Crippen LogP contribution in [0, 0.1) is 11.8 Å². The van der Waals surface area contributed by atoms with Gasteiger partial charge in [-0.25, -0.2) is 4.79 Å². The smallest absolute Gasteiger partial charge is 0.328 e. The Balaban J connectivity index is 2.47. The van der Waals surface area contributed by atoms with Gasteiger partial charge in [0.1, 0.15) is 12.1 Å². The monoisotopic (exact) mass is 257 g/mol. The summed E-state index contributed by atoms with van der Waals surface area (Å²) < 4.78 is 4.67. The van der Waals surface area contributed by atoms with Crippen LogP contribution in [-0.2, 0) is 14.3 Å². The third-order valence-corrected chi connectivity index (χ3v) is 3.07. The molecule has 0 aromatic carbocycles. The maximum atomic E-state index is 11.7. The van der Waals surface area contributed by atoms with Gasteiger partial charge in [0, 0.05) is 0 Å². The average molecular weight is 257 g/mol. The molecule has 1 aliphatic rings. The van der Waals surface area contributed by atoms with E-state index < -0.39 is 24.0 Å². The number of hydrogen-bond acceptors (Lipinski definition) is 4. The molecular formula is C13H23NO4. The molecule has 2 N–H and O–H groups in total. The Morgan fingerprint density at radius 3 is 2.44 bits per heavy atom. The van der Waals surface area contributed by atoms with Crippen LogP contribution in [0.1, 0.15) is 39.5 Å². The zero-order valence-electron chi connectivity index (χ0n) is 11.3. The van der Waals surface area contributed by atoms with Crippen LogP contribution in [0.2, 0.25) is 0 Å². The van der Waals surface area contributed by atoms with Crippen molar-refractivity contribution in [3.63, 3.8) is 0 Å². The Morgan fingerprint density at radius 1 is 1.39 bits per heavy atom. The van der Waals surface area contributed by atoms with Gasteiger partial charge in [0.2, 0.25) is 5.91 Å². The highest BCUT2D eigenvalue weighted by molar-refractivity contribution is 5.86. The van der Waals surface area contributed by atoms with Gasteiger partial charge in [-0.05, 0) is 24.7 Å². The van der Waals surface area contributed by atoms with E-state index >= 15 is 0 Å². The second kappa shape index (κ2) is 6.73. The normalized spacial score (nSPS) is 18.3. The van der Waals surface area contributed by atoms with Gasteiger partial charge < -0.3 is 15.2 Å². The molecule has 18 heavy (non-hydrogen) atoms. The average Bonchev–Trinajstić information content (AvgIpc) is 3.09. The van der Waals surface area contributed by atoms with E-state index in [9.17, 15) is 14.7 Å². The van der Waals surface area contributed by atoms with Crippen molar-refractivity contribution >= 4 is 11.9 Å². The molecule has 0 heterocycles. The van der Waals surface area contributed by atoms with E-state index in [0.29, 0.717) is 18.8 Å². The standard InChI is InChI=1S/C13H23NO4/c1-8(2)6-11(15)12(16)14-10(13(17)18-3)7-9-4-5-9/h8-11,15H,4-7H2,1-3H3,(H,14,16)/t10-,11+/m1/s1. The van der Waals surface area contributed by atoms with Crippen LogP contribution in [-0.4, -0.2) is 36.2 Å². The van der Waals surface area contributed by atoms with E-state index in [1.54, 1.807) is 0 Å². The van der Waals surface area contributed by atoms with E-state index in [2.05, 4.69) is 10.1 Å². The van der Waals surface area contributed by atoms with E-state index in [4.69, 9.17) is 0 Å². The molecule has 1 rings (SSSR count). The molecule has 0 aromatic rings. The molecule has 2 atom stereocenters. The van der Waals surface area contributed by atoms with Gasteiger partial charge in [-0.2, -0.15) is 0 Å². The lowest BCUT2D eigenvalue weighted by molar-refractivity contribution is -0.146. The molecular weight excluding hydrogens is 234 g/mol. The quantitative estimate of drug-likeness (QED) is 0.663. The summed E-state index contributed by atoms with van der Waals surface area (Å²) in [5, 5.41) is 12.3. The Kier molecular flexibility index (Phi) is 5.59. The molecule has 0 unspecified atom stereocenters. The summed E-state index contributed by atoms with van der Waals surface area (Å²) in [4.78, 5) is 23.3. The predicted octanol–water partition coefficient (Wildman–Crippen LogP) is 0.851. The third-order valence-electron chi connectivity index (χ3n) is 3.07. The Labute approximate surface area is 108 Å². The first-order valence-electron chi connectivity index (χ1n) is 6.50. The number of carbonyl (C=O) groups excluding carboxylic acids is 2. The van der Waals surface area contributed by atoms with Crippen LogP contribution in [0.4, 0.5) is 0 Å². The maximum Gasteiger partial charge on any atom is 0.328 e. The molecule has 0 saturated heterocycles. The minimum Gasteiger partial charge on any atom is -0.467 e. The van der Waals surface area contributed by atoms with Crippen LogP contribution in [0.15, 0.2) is 0 Å². The summed E-state index contributed by atoms with van der Waals surface area (Å²) in [5.74, 6) is -0.200. The van der Waals surface area contributed by atoms with Gasteiger partial charge in [0.05, 0.1) is 7.11 Å². The van der Waals surface area contributed by atoms with Gasteiger partial charge in [0.25, 0.3) is 0 Å². The van der Waals surface area contributed by atoms with Crippen molar-refractivity contribution < 1.29 is 19.4 Å². The van der Waals surface area contributed by atoms with Crippen LogP contribution in [0.25, 0.3) is 0 Å². The molecule has 5 nitrogen and oxygen atoms in total. The fourth-order valence-electron chi connectivity index (χ4n) is 1.86. The minimum absolute atomic E-state index is 0.228. The van der Waals surface area contributed by atoms with Crippen LogP contribution in [0.3, 0.4) is 0 Å².